The fraction of sp³-hybridized carbons (Fsp3) is 0.750. The van der Waals surface area contributed by atoms with Gasteiger partial charge in [-0.05, 0) is 94.9 Å². The molecule has 264 valence electrons. The molecule has 0 heterocycles. The van der Waals surface area contributed by atoms with Gasteiger partial charge in [0.25, 0.3) is 0 Å². The van der Waals surface area contributed by atoms with E-state index in [1.807, 2.05) is 0 Å². The largest absolute Gasteiger partial charge is 0.481 e. The molecule has 14 heteroatoms. The van der Waals surface area contributed by atoms with Gasteiger partial charge in [-0.2, -0.15) is 0 Å². The molecule has 0 unspecified atom stereocenters. The highest BCUT2D eigenvalue weighted by atomic mass is 16.6. The summed E-state index contributed by atoms with van der Waals surface area (Å²) in [5.74, 6) is -5.98. The number of esters is 4. The van der Waals surface area contributed by atoms with Crippen LogP contribution in [0.5, 0.6) is 0 Å². The number of carbonyl (C=O) groups is 8. The maximum Gasteiger partial charge on any atom is 0.319 e. The van der Waals surface area contributed by atoms with E-state index in [0.717, 1.165) is 6.92 Å². The van der Waals surface area contributed by atoms with Crippen LogP contribution in [0.3, 0.4) is 0 Å². The number of ether oxygens (including phenoxy) is 4. The Morgan fingerprint density at radius 1 is 0.500 bits per heavy atom. The van der Waals surface area contributed by atoms with Gasteiger partial charge in [0.05, 0.1) is 13.2 Å². The molecule has 0 radical (unpaired) electrons. The highest BCUT2D eigenvalue weighted by Gasteiger charge is 2.46. The summed E-state index contributed by atoms with van der Waals surface area (Å²) in [5.41, 5.74) is -4.61. The van der Waals surface area contributed by atoms with Crippen molar-refractivity contribution >= 4 is 47.4 Å². The van der Waals surface area contributed by atoms with Gasteiger partial charge in [0.2, 0.25) is 0 Å². The van der Waals surface area contributed by atoms with Crippen molar-refractivity contribution in [1.29, 1.82) is 0 Å². The van der Waals surface area contributed by atoms with Gasteiger partial charge < -0.3 is 29.2 Å². The molecule has 0 aliphatic heterocycles. The Bertz CT molecular complexity index is 1040. The number of carbonyl (C=O) groups excluding carboxylic acids is 6. The smallest absolute Gasteiger partial charge is 0.319 e. The molecule has 46 heavy (non-hydrogen) atoms. The van der Waals surface area contributed by atoms with Crippen molar-refractivity contribution in [2.75, 3.05) is 13.2 Å². The van der Waals surface area contributed by atoms with E-state index in [4.69, 9.17) is 29.2 Å². The Morgan fingerprint density at radius 3 is 0.957 bits per heavy atom. The normalized spacial score (nSPS) is 11.7. The molecule has 2 N–H and O–H groups in total. The van der Waals surface area contributed by atoms with E-state index >= 15 is 0 Å². The lowest BCUT2D eigenvalue weighted by Gasteiger charge is -2.29. The van der Waals surface area contributed by atoms with Gasteiger partial charge in [-0.25, -0.2) is 0 Å². The maximum absolute atomic E-state index is 12.6. The predicted octanol–water partition coefficient (Wildman–Crippen LogP) is 4.22. The Kier molecular flexibility index (Phi) is 18.9. The zero-order valence-corrected chi connectivity index (χ0v) is 28.9. The lowest BCUT2D eigenvalue weighted by Crippen LogP contribution is -2.41. The molecule has 0 aliphatic rings. The lowest BCUT2D eigenvalue weighted by molar-refractivity contribution is -0.166. The first-order valence-corrected chi connectivity index (χ1v) is 15.1. The molecule has 0 aromatic carbocycles. The van der Waals surface area contributed by atoms with Crippen molar-refractivity contribution in [3.05, 3.63) is 0 Å². The fourth-order valence-corrected chi connectivity index (χ4v) is 4.24. The number of hydrogen-bond donors (Lipinski definition) is 2. The third-order valence-electron chi connectivity index (χ3n) is 6.56. The number of carboxylic acids is 2. The van der Waals surface area contributed by atoms with Gasteiger partial charge in [-0.1, -0.05) is 0 Å². The molecule has 0 rings (SSSR count). The second kappa shape index (κ2) is 19.6. The summed E-state index contributed by atoms with van der Waals surface area (Å²) in [6.45, 7) is 16.1. The fourth-order valence-electron chi connectivity index (χ4n) is 4.24. The summed E-state index contributed by atoms with van der Waals surface area (Å²) in [5, 5.41) is 17.3. The van der Waals surface area contributed by atoms with Gasteiger partial charge >= 0.3 is 35.8 Å². The topological polar surface area (TPSA) is 214 Å². The zero-order chi connectivity index (χ0) is 36.5. The monoisotopic (exact) mass is 660 g/mol. The molecule has 0 atom stereocenters. The van der Waals surface area contributed by atoms with E-state index in [2.05, 4.69) is 0 Å². The van der Waals surface area contributed by atoms with Gasteiger partial charge in [0, 0.05) is 25.7 Å². The van der Waals surface area contributed by atoms with Crippen LogP contribution >= 0.6 is 0 Å². The average Bonchev–Trinajstić information content (AvgIpc) is 2.87. The van der Waals surface area contributed by atoms with Crippen molar-refractivity contribution in [3.63, 3.8) is 0 Å². The van der Waals surface area contributed by atoms with Crippen LogP contribution in [-0.4, -0.2) is 82.0 Å². The quantitative estimate of drug-likeness (QED) is 0.120. The molecule has 0 aromatic heterocycles. The molecule has 0 amide bonds. The van der Waals surface area contributed by atoms with Crippen molar-refractivity contribution in [2.45, 2.75) is 132 Å². The number of rotatable bonds is 18. The van der Waals surface area contributed by atoms with Gasteiger partial charge in [0.15, 0.2) is 0 Å². The zero-order valence-electron chi connectivity index (χ0n) is 28.9. The lowest BCUT2D eigenvalue weighted by atomic mass is 9.75. The molecule has 0 fully saturated rings. The molecule has 0 bridgehead atoms. The number of Topliss-reactive ketones (excluding diaryl/α,β-unsaturated/α-hetero) is 2. The Labute approximate surface area is 270 Å². The second-order valence-electron chi connectivity index (χ2n) is 12.7. The standard InChI is InChI=1S/C20H34O7.C12H18O7/c1-9-25-17(24)20(14(2)21,12-10-15(22)26-18(3,4)5)13-11-16(23)27-19(6,7)8;1-3-19-11(18)12(8(2)13,6-4-9(14)15)7-5-10(16)17/h9-13H2,1-8H3;3-7H2,1-2H3,(H,14,15)(H,16,17). The molecule has 0 aliphatic carbocycles. The van der Waals surface area contributed by atoms with Gasteiger partial charge in [-0.15, -0.1) is 0 Å². The van der Waals surface area contributed by atoms with Gasteiger partial charge in [0.1, 0.15) is 33.6 Å². The van der Waals surface area contributed by atoms with Crippen molar-refractivity contribution in [3.8, 4) is 0 Å². The van der Waals surface area contributed by atoms with Crippen LogP contribution in [0.4, 0.5) is 0 Å². The number of ketones is 2. The molecule has 0 saturated heterocycles. The Balaban J connectivity index is 0. The summed E-state index contributed by atoms with van der Waals surface area (Å²) in [6, 6.07) is 0. The van der Waals surface area contributed by atoms with Crippen LogP contribution < -0.4 is 0 Å². The van der Waals surface area contributed by atoms with Crippen molar-refractivity contribution in [2.24, 2.45) is 10.8 Å². The van der Waals surface area contributed by atoms with E-state index in [0.29, 0.717) is 0 Å². The SMILES string of the molecule is CCOC(=O)C(CCC(=O)O)(CCC(=O)O)C(C)=O.CCOC(=O)C(CCC(=O)OC(C)(C)C)(CCC(=O)OC(C)(C)C)C(C)=O. The molecule has 0 spiro atoms. The van der Waals surface area contributed by atoms with Crippen molar-refractivity contribution < 1.29 is 67.5 Å². The summed E-state index contributed by atoms with van der Waals surface area (Å²) >= 11 is 0. The minimum Gasteiger partial charge on any atom is -0.481 e. The summed E-state index contributed by atoms with van der Waals surface area (Å²) in [4.78, 5) is 93.9. The van der Waals surface area contributed by atoms with E-state index in [-0.39, 0.29) is 51.7 Å². The molecule has 0 aromatic rings. The first-order valence-electron chi connectivity index (χ1n) is 15.1. The molecule has 14 nitrogen and oxygen atoms in total. The van der Waals surface area contributed by atoms with Crippen molar-refractivity contribution in [1.82, 2.24) is 0 Å². The minimum absolute atomic E-state index is 0.0357. The van der Waals surface area contributed by atoms with Crippen LogP contribution in [0.15, 0.2) is 0 Å². The van der Waals surface area contributed by atoms with E-state index < -0.39 is 82.3 Å². The van der Waals surface area contributed by atoms with Crippen LogP contribution in [0, 0.1) is 10.8 Å². The Morgan fingerprint density at radius 2 is 0.761 bits per heavy atom. The average molecular weight is 661 g/mol. The third-order valence-corrected chi connectivity index (χ3v) is 6.56. The minimum atomic E-state index is -1.69. The summed E-state index contributed by atoms with van der Waals surface area (Å²) in [7, 11) is 0. The highest BCUT2D eigenvalue weighted by molar-refractivity contribution is 6.04. The summed E-state index contributed by atoms with van der Waals surface area (Å²) in [6.07, 6.45) is -1.77. The molecule has 0 saturated carbocycles. The number of aliphatic carboxylic acids is 2. The Hall–Kier alpha value is -3.84. The van der Waals surface area contributed by atoms with Crippen LogP contribution in [0.2, 0.25) is 0 Å². The van der Waals surface area contributed by atoms with Crippen LogP contribution in [-0.2, 0) is 57.3 Å². The summed E-state index contributed by atoms with van der Waals surface area (Å²) < 4.78 is 20.4. The third kappa shape index (κ3) is 17.0. The van der Waals surface area contributed by atoms with Gasteiger partial charge in [-0.3, -0.25) is 38.4 Å². The first-order chi connectivity index (χ1) is 20.9. The predicted molar refractivity (Wildman–Crippen MR) is 163 cm³/mol. The van der Waals surface area contributed by atoms with E-state index in [1.54, 1.807) is 55.4 Å². The highest BCUT2D eigenvalue weighted by Crippen LogP contribution is 2.35. The molecular formula is C32H52O14. The number of carboxylic acid groups (broad SMARTS) is 2. The van der Waals surface area contributed by atoms with Crippen LogP contribution in [0.25, 0.3) is 0 Å². The van der Waals surface area contributed by atoms with E-state index in [9.17, 15) is 38.4 Å². The number of hydrogen-bond acceptors (Lipinski definition) is 12. The second-order valence-corrected chi connectivity index (χ2v) is 12.7. The molecular weight excluding hydrogens is 608 g/mol. The van der Waals surface area contributed by atoms with Crippen LogP contribution in [0.1, 0.15) is 121 Å². The first kappa shape index (κ1) is 44.3. The van der Waals surface area contributed by atoms with E-state index in [1.165, 1.54) is 6.92 Å². The maximum atomic E-state index is 12.6.